The number of carbonyl (C=O) groups is 1. The number of hydrogen-bond donors (Lipinski definition) is 2. The molecular weight excluding hydrogens is 314 g/mol. The number of aromatic nitrogens is 1. The highest BCUT2D eigenvalue weighted by Gasteiger charge is 2.41. The van der Waals surface area contributed by atoms with Gasteiger partial charge in [0.1, 0.15) is 5.75 Å². The van der Waals surface area contributed by atoms with Crippen molar-refractivity contribution in [1.82, 2.24) is 10.3 Å². The van der Waals surface area contributed by atoms with E-state index in [0.29, 0.717) is 0 Å². The van der Waals surface area contributed by atoms with Gasteiger partial charge in [0.05, 0.1) is 11.6 Å². The molecule has 0 unspecified atom stereocenters. The normalized spacial score (nSPS) is 25.2. The van der Waals surface area contributed by atoms with Gasteiger partial charge in [-0.15, -0.1) is 0 Å². The van der Waals surface area contributed by atoms with Crippen molar-refractivity contribution >= 4 is 16.7 Å². The van der Waals surface area contributed by atoms with Crippen LogP contribution in [-0.4, -0.2) is 28.6 Å². The van der Waals surface area contributed by atoms with Crippen molar-refractivity contribution in [2.75, 3.05) is 0 Å². The number of fused-ring (bicyclic) bond motifs is 1. The summed E-state index contributed by atoms with van der Waals surface area (Å²) in [5, 5.41) is 5.34. The molecule has 1 aromatic carbocycles. The third kappa shape index (κ3) is 3.33. The molecule has 0 saturated heterocycles. The summed E-state index contributed by atoms with van der Waals surface area (Å²) in [6, 6.07) is 8.29. The summed E-state index contributed by atoms with van der Waals surface area (Å²) in [5.41, 5.74) is 5.50. The minimum absolute atomic E-state index is 0.0321. The van der Waals surface area contributed by atoms with Crippen molar-refractivity contribution in [3.05, 3.63) is 36.7 Å². The molecule has 3 N–H and O–H groups in total. The van der Waals surface area contributed by atoms with E-state index in [2.05, 4.69) is 10.3 Å². The monoisotopic (exact) mass is 339 g/mol. The van der Waals surface area contributed by atoms with E-state index in [1.54, 1.807) is 6.20 Å². The molecule has 1 amide bonds. The minimum Gasteiger partial charge on any atom is -0.490 e. The lowest BCUT2D eigenvalue weighted by atomic mass is 9.76. The molecule has 2 aliphatic carbocycles. The van der Waals surface area contributed by atoms with E-state index in [4.69, 9.17) is 10.5 Å². The number of ether oxygens (including phenoxy) is 1. The SMILES string of the molecule is NC1(C(=O)NC2CCC(Oc3cccc4cnccc34)CC2)CCC1. The second-order valence-corrected chi connectivity index (χ2v) is 7.43. The van der Waals surface area contributed by atoms with Gasteiger partial charge in [-0.1, -0.05) is 12.1 Å². The summed E-state index contributed by atoms with van der Waals surface area (Å²) in [6.07, 6.45) is 10.3. The minimum atomic E-state index is -0.607. The van der Waals surface area contributed by atoms with Crippen LogP contribution in [0.25, 0.3) is 10.8 Å². The Morgan fingerprint density at radius 2 is 2.00 bits per heavy atom. The fraction of sp³-hybridized carbons (Fsp3) is 0.500. The Bertz CT molecular complexity index is 759. The van der Waals surface area contributed by atoms with Crippen LogP contribution in [0.3, 0.4) is 0 Å². The van der Waals surface area contributed by atoms with Gasteiger partial charge in [0.25, 0.3) is 0 Å². The maximum absolute atomic E-state index is 12.3. The van der Waals surface area contributed by atoms with Gasteiger partial charge in [0.15, 0.2) is 0 Å². The molecule has 2 saturated carbocycles. The molecule has 4 rings (SSSR count). The number of nitrogens with zero attached hydrogens (tertiary/aromatic N) is 1. The van der Waals surface area contributed by atoms with Gasteiger partial charge >= 0.3 is 0 Å². The average molecular weight is 339 g/mol. The van der Waals surface area contributed by atoms with E-state index in [1.807, 2.05) is 30.5 Å². The first kappa shape index (κ1) is 16.3. The predicted octanol–water partition coefficient (Wildman–Crippen LogP) is 2.92. The highest BCUT2D eigenvalue weighted by atomic mass is 16.5. The van der Waals surface area contributed by atoms with Crippen LogP contribution in [0.1, 0.15) is 44.9 Å². The Kier molecular flexibility index (Phi) is 4.34. The molecule has 1 heterocycles. The van der Waals surface area contributed by atoms with Crippen molar-refractivity contribution < 1.29 is 9.53 Å². The smallest absolute Gasteiger partial charge is 0.240 e. The van der Waals surface area contributed by atoms with E-state index >= 15 is 0 Å². The lowest BCUT2D eigenvalue weighted by Crippen LogP contribution is -2.60. The topological polar surface area (TPSA) is 77.2 Å². The van der Waals surface area contributed by atoms with Gasteiger partial charge < -0.3 is 15.8 Å². The Morgan fingerprint density at radius 3 is 2.72 bits per heavy atom. The second kappa shape index (κ2) is 6.64. The molecule has 0 atom stereocenters. The zero-order valence-corrected chi connectivity index (χ0v) is 14.4. The van der Waals surface area contributed by atoms with E-state index < -0.39 is 5.54 Å². The molecule has 0 radical (unpaired) electrons. The first-order valence-electron chi connectivity index (χ1n) is 9.23. The van der Waals surface area contributed by atoms with Crippen molar-refractivity contribution in [2.24, 2.45) is 5.73 Å². The van der Waals surface area contributed by atoms with Crippen molar-refractivity contribution in [2.45, 2.75) is 62.6 Å². The highest BCUT2D eigenvalue weighted by molar-refractivity contribution is 5.88. The Hall–Kier alpha value is -2.14. The average Bonchev–Trinajstić information content (AvgIpc) is 2.61. The first-order valence-corrected chi connectivity index (χ1v) is 9.23. The summed E-state index contributed by atoms with van der Waals surface area (Å²) >= 11 is 0. The Morgan fingerprint density at radius 1 is 1.20 bits per heavy atom. The number of pyridine rings is 1. The lowest BCUT2D eigenvalue weighted by Gasteiger charge is -2.38. The summed E-state index contributed by atoms with van der Waals surface area (Å²) in [7, 11) is 0. The lowest BCUT2D eigenvalue weighted by molar-refractivity contribution is -0.130. The van der Waals surface area contributed by atoms with Crippen molar-refractivity contribution in [3.8, 4) is 5.75 Å². The standard InChI is InChI=1S/C20H25N3O2/c21-20(10-2-11-20)19(24)23-15-5-7-16(8-6-15)25-18-4-1-3-14-13-22-12-9-17(14)18/h1,3-4,9,12-13,15-16H,2,5-8,10-11,21H2,(H,23,24). The molecule has 2 aliphatic rings. The molecular formula is C20H25N3O2. The summed E-state index contributed by atoms with van der Waals surface area (Å²) in [4.78, 5) is 16.4. The van der Waals surface area contributed by atoms with E-state index in [1.165, 1.54) is 0 Å². The van der Waals surface area contributed by atoms with Crippen LogP contribution in [0.5, 0.6) is 5.75 Å². The molecule has 5 nitrogen and oxygen atoms in total. The van der Waals surface area contributed by atoms with Crippen molar-refractivity contribution in [1.29, 1.82) is 0 Å². The largest absolute Gasteiger partial charge is 0.490 e. The zero-order chi connectivity index (χ0) is 17.3. The third-order valence-corrected chi connectivity index (χ3v) is 5.64. The molecule has 5 heteroatoms. The van der Waals surface area contributed by atoms with Crippen LogP contribution in [0.15, 0.2) is 36.7 Å². The Labute approximate surface area is 148 Å². The molecule has 0 aliphatic heterocycles. The van der Waals surface area contributed by atoms with Gasteiger partial charge in [-0.2, -0.15) is 0 Å². The number of benzene rings is 1. The molecule has 1 aromatic heterocycles. The summed E-state index contributed by atoms with van der Waals surface area (Å²) in [6.45, 7) is 0. The molecule has 25 heavy (non-hydrogen) atoms. The zero-order valence-electron chi connectivity index (χ0n) is 14.4. The Balaban J connectivity index is 1.33. The summed E-state index contributed by atoms with van der Waals surface area (Å²) < 4.78 is 6.26. The number of amides is 1. The van der Waals surface area contributed by atoms with Gasteiger partial charge in [-0.3, -0.25) is 9.78 Å². The molecule has 2 fully saturated rings. The molecule has 0 bridgehead atoms. The molecule has 132 valence electrons. The first-order chi connectivity index (χ1) is 12.1. The van der Waals surface area contributed by atoms with E-state index in [9.17, 15) is 4.79 Å². The maximum Gasteiger partial charge on any atom is 0.240 e. The number of hydrogen-bond acceptors (Lipinski definition) is 4. The van der Waals surface area contributed by atoms with Crippen LogP contribution < -0.4 is 15.8 Å². The number of nitrogens with two attached hydrogens (primary N) is 1. The fourth-order valence-electron chi connectivity index (χ4n) is 3.81. The number of nitrogens with one attached hydrogen (secondary N) is 1. The van der Waals surface area contributed by atoms with Crippen LogP contribution in [0.4, 0.5) is 0 Å². The predicted molar refractivity (Wildman–Crippen MR) is 97.3 cm³/mol. The quantitative estimate of drug-likeness (QED) is 0.898. The van der Waals surface area contributed by atoms with Gasteiger partial charge in [-0.25, -0.2) is 0 Å². The highest BCUT2D eigenvalue weighted by Crippen LogP contribution is 2.31. The molecule has 0 spiro atoms. The van der Waals surface area contributed by atoms with Crippen LogP contribution in [0, 0.1) is 0 Å². The van der Waals surface area contributed by atoms with Gasteiger partial charge in [0, 0.05) is 29.2 Å². The maximum atomic E-state index is 12.3. The van der Waals surface area contributed by atoms with Gasteiger partial charge in [0.2, 0.25) is 5.91 Å². The second-order valence-electron chi connectivity index (χ2n) is 7.43. The fourth-order valence-corrected chi connectivity index (χ4v) is 3.81. The van der Waals surface area contributed by atoms with Crippen molar-refractivity contribution in [3.63, 3.8) is 0 Å². The van der Waals surface area contributed by atoms with Gasteiger partial charge in [-0.05, 0) is 57.1 Å². The third-order valence-electron chi connectivity index (χ3n) is 5.64. The van der Waals surface area contributed by atoms with Crippen LogP contribution in [-0.2, 0) is 4.79 Å². The molecule has 2 aromatic rings. The van der Waals surface area contributed by atoms with Crippen LogP contribution in [0.2, 0.25) is 0 Å². The van der Waals surface area contributed by atoms with E-state index in [0.717, 1.165) is 61.5 Å². The number of rotatable bonds is 4. The number of carbonyl (C=O) groups excluding carboxylic acids is 1. The summed E-state index contributed by atoms with van der Waals surface area (Å²) in [5.74, 6) is 0.951. The van der Waals surface area contributed by atoms with Crippen LogP contribution >= 0.6 is 0 Å². The van der Waals surface area contributed by atoms with E-state index in [-0.39, 0.29) is 18.1 Å².